The quantitative estimate of drug-likeness (QED) is 0.398. The molecule has 0 spiro atoms. The zero-order chi connectivity index (χ0) is 7.23. The maximum atomic E-state index is 3.08. The van der Waals surface area contributed by atoms with Crippen molar-refractivity contribution in [1.29, 1.82) is 0 Å². The standard InChI is InChI=1S/C10H10/c1-2-3-4-7-10-8-5-6-9-10/h2-8H,1H3/b3-2-,7-4+. The van der Waals surface area contributed by atoms with E-state index in [1.807, 2.05) is 49.5 Å². The topological polar surface area (TPSA) is 0 Å². The van der Waals surface area contributed by atoms with Crippen molar-refractivity contribution in [2.45, 2.75) is 6.92 Å². The van der Waals surface area contributed by atoms with Crippen LogP contribution in [-0.2, 0) is 0 Å². The summed E-state index contributed by atoms with van der Waals surface area (Å²) in [5.41, 5.74) is 4.21. The zero-order valence-corrected chi connectivity index (χ0v) is 6.04. The highest BCUT2D eigenvalue weighted by molar-refractivity contribution is 5.38. The maximum Gasteiger partial charge on any atom is 0.0164 e. The van der Waals surface area contributed by atoms with E-state index in [1.165, 1.54) is 0 Å². The van der Waals surface area contributed by atoms with Crippen LogP contribution in [0, 0.1) is 0 Å². The SMILES string of the molecule is C/C=C\C=C\C1=C=CC=C1. The lowest BCUT2D eigenvalue weighted by atomic mass is 10.3. The van der Waals surface area contributed by atoms with E-state index in [9.17, 15) is 0 Å². The van der Waals surface area contributed by atoms with Crippen LogP contribution in [0.1, 0.15) is 6.92 Å². The summed E-state index contributed by atoms with van der Waals surface area (Å²) < 4.78 is 0. The molecule has 50 valence electrons. The molecule has 0 aromatic heterocycles. The number of hydrogen-bond donors (Lipinski definition) is 0. The Bertz CT molecular complexity index is 243. The van der Waals surface area contributed by atoms with Gasteiger partial charge in [-0.15, -0.1) is 5.73 Å². The first-order valence-corrected chi connectivity index (χ1v) is 3.36. The molecule has 0 atom stereocenters. The molecule has 0 heteroatoms. The minimum Gasteiger partial charge on any atom is -0.113 e. The lowest BCUT2D eigenvalue weighted by Gasteiger charge is -1.79. The summed E-state index contributed by atoms with van der Waals surface area (Å²) >= 11 is 0. The van der Waals surface area contributed by atoms with E-state index in [0.29, 0.717) is 0 Å². The van der Waals surface area contributed by atoms with Crippen LogP contribution >= 0.6 is 0 Å². The number of rotatable bonds is 2. The fourth-order valence-corrected chi connectivity index (χ4v) is 0.718. The summed E-state index contributed by atoms with van der Waals surface area (Å²) in [7, 11) is 0. The van der Waals surface area contributed by atoms with Crippen molar-refractivity contribution in [2.24, 2.45) is 0 Å². The van der Waals surface area contributed by atoms with Crippen LogP contribution < -0.4 is 0 Å². The lowest BCUT2D eigenvalue weighted by molar-refractivity contribution is 1.70. The summed E-state index contributed by atoms with van der Waals surface area (Å²) in [4.78, 5) is 0. The molecule has 0 fully saturated rings. The van der Waals surface area contributed by atoms with E-state index in [1.54, 1.807) is 0 Å². The van der Waals surface area contributed by atoms with E-state index < -0.39 is 0 Å². The predicted octanol–water partition coefficient (Wildman–Crippen LogP) is 2.77. The fourth-order valence-electron chi connectivity index (χ4n) is 0.718. The number of allylic oxidation sites excluding steroid dienone is 7. The van der Waals surface area contributed by atoms with Crippen molar-refractivity contribution in [3.8, 4) is 0 Å². The Morgan fingerprint density at radius 3 is 2.90 bits per heavy atom. The highest BCUT2D eigenvalue weighted by Crippen LogP contribution is 2.02. The second-order valence-corrected chi connectivity index (χ2v) is 2.01. The third-order valence-corrected chi connectivity index (χ3v) is 1.20. The first-order chi connectivity index (χ1) is 4.93. The van der Waals surface area contributed by atoms with E-state index in [4.69, 9.17) is 0 Å². The van der Waals surface area contributed by atoms with Crippen molar-refractivity contribution in [3.05, 3.63) is 53.8 Å². The molecule has 10 heavy (non-hydrogen) atoms. The van der Waals surface area contributed by atoms with E-state index >= 15 is 0 Å². The Morgan fingerprint density at radius 1 is 1.40 bits per heavy atom. The molecule has 0 bridgehead atoms. The van der Waals surface area contributed by atoms with Gasteiger partial charge in [-0.25, -0.2) is 0 Å². The van der Waals surface area contributed by atoms with Gasteiger partial charge in [0.1, 0.15) is 0 Å². The normalized spacial score (nSPS) is 15.9. The monoisotopic (exact) mass is 130 g/mol. The second-order valence-electron chi connectivity index (χ2n) is 2.01. The van der Waals surface area contributed by atoms with Gasteiger partial charge in [-0.1, -0.05) is 24.3 Å². The van der Waals surface area contributed by atoms with Gasteiger partial charge < -0.3 is 0 Å². The van der Waals surface area contributed by atoms with Gasteiger partial charge in [0.25, 0.3) is 0 Å². The Kier molecular flexibility index (Phi) is 2.54. The van der Waals surface area contributed by atoms with Crippen molar-refractivity contribution < 1.29 is 0 Å². The summed E-state index contributed by atoms with van der Waals surface area (Å²) in [5.74, 6) is 0. The molecule has 0 amide bonds. The third kappa shape index (κ3) is 1.93. The van der Waals surface area contributed by atoms with Crippen molar-refractivity contribution in [2.75, 3.05) is 0 Å². The van der Waals surface area contributed by atoms with Gasteiger partial charge in [-0.05, 0) is 25.2 Å². The zero-order valence-electron chi connectivity index (χ0n) is 6.04. The smallest absolute Gasteiger partial charge is 0.0164 e. The minimum atomic E-state index is 1.14. The molecule has 0 N–H and O–H groups in total. The molecular weight excluding hydrogens is 120 g/mol. The molecule has 1 aliphatic rings. The highest BCUT2D eigenvalue weighted by Gasteiger charge is 1.83. The predicted molar refractivity (Wildman–Crippen MR) is 44.7 cm³/mol. The van der Waals surface area contributed by atoms with Crippen LogP contribution in [0.3, 0.4) is 0 Å². The largest absolute Gasteiger partial charge is 0.113 e. The van der Waals surface area contributed by atoms with E-state index in [-0.39, 0.29) is 0 Å². The molecule has 0 aromatic carbocycles. The molecule has 0 saturated carbocycles. The second kappa shape index (κ2) is 3.71. The van der Waals surface area contributed by atoms with Crippen molar-refractivity contribution >= 4 is 0 Å². The number of hydrogen-bond acceptors (Lipinski definition) is 0. The average Bonchev–Trinajstić information content (AvgIpc) is 2.41. The molecule has 0 nitrogen and oxygen atoms in total. The molecule has 0 aliphatic heterocycles. The third-order valence-electron chi connectivity index (χ3n) is 1.20. The highest BCUT2D eigenvalue weighted by atomic mass is 13.9. The van der Waals surface area contributed by atoms with Crippen LogP contribution in [-0.4, -0.2) is 0 Å². The lowest BCUT2D eigenvalue weighted by Crippen LogP contribution is -1.60. The van der Waals surface area contributed by atoms with Gasteiger partial charge in [0.2, 0.25) is 0 Å². The molecule has 0 aromatic rings. The van der Waals surface area contributed by atoms with Gasteiger partial charge in [-0.3, -0.25) is 0 Å². The first kappa shape index (κ1) is 6.85. The molecule has 0 unspecified atom stereocenters. The van der Waals surface area contributed by atoms with Crippen LogP contribution in [0.25, 0.3) is 0 Å². The Labute approximate surface area is 61.6 Å². The molecule has 1 rings (SSSR count). The minimum absolute atomic E-state index is 1.14. The Hall–Kier alpha value is -1.26. The van der Waals surface area contributed by atoms with Gasteiger partial charge >= 0.3 is 0 Å². The molecule has 0 saturated heterocycles. The van der Waals surface area contributed by atoms with Crippen molar-refractivity contribution in [3.63, 3.8) is 0 Å². The summed E-state index contributed by atoms with van der Waals surface area (Å²) in [6.07, 6.45) is 14.0. The van der Waals surface area contributed by atoms with Gasteiger partial charge in [-0.2, -0.15) is 0 Å². The first-order valence-electron chi connectivity index (χ1n) is 3.36. The van der Waals surface area contributed by atoms with Crippen LogP contribution in [0.15, 0.2) is 53.8 Å². The van der Waals surface area contributed by atoms with Gasteiger partial charge in [0.05, 0.1) is 0 Å². The van der Waals surface area contributed by atoms with Crippen LogP contribution in [0.2, 0.25) is 0 Å². The molecular formula is C10H10. The molecule has 0 radical (unpaired) electrons. The molecule has 1 aliphatic carbocycles. The summed E-state index contributed by atoms with van der Waals surface area (Å²) in [6.45, 7) is 2.00. The van der Waals surface area contributed by atoms with E-state index in [2.05, 4.69) is 5.73 Å². The van der Waals surface area contributed by atoms with Crippen LogP contribution in [0.5, 0.6) is 0 Å². The summed E-state index contributed by atoms with van der Waals surface area (Å²) in [5, 5.41) is 0. The van der Waals surface area contributed by atoms with Crippen LogP contribution in [0.4, 0.5) is 0 Å². The van der Waals surface area contributed by atoms with Gasteiger partial charge in [0.15, 0.2) is 0 Å². The fraction of sp³-hybridized carbons (Fsp3) is 0.100. The molecule has 0 heterocycles. The van der Waals surface area contributed by atoms with Crippen molar-refractivity contribution in [1.82, 2.24) is 0 Å². The Balaban J connectivity index is 2.54. The van der Waals surface area contributed by atoms with Gasteiger partial charge in [0, 0.05) is 5.57 Å². The Morgan fingerprint density at radius 2 is 2.30 bits per heavy atom. The maximum absolute atomic E-state index is 3.08. The summed E-state index contributed by atoms with van der Waals surface area (Å²) in [6, 6.07) is 0. The van der Waals surface area contributed by atoms with E-state index in [0.717, 1.165) is 5.57 Å². The average molecular weight is 130 g/mol.